The predicted octanol–water partition coefficient (Wildman–Crippen LogP) is 3.33. The number of carbonyl (C=O) groups excluding carboxylic acids is 2. The molecule has 2 atom stereocenters. The maximum absolute atomic E-state index is 12.8. The van der Waals surface area contributed by atoms with Crippen LogP contribution in [0.2, 0.25) is 0 Å². The number of rotatable bonds is 6. The number of esters is 1. The molecule has 33 heavy (non-hydrogen) atoms. The van der Waals surface area contributed by atoms with Crippen LogP contribution >= 0.6 is 11.3 Å². The lowest BCUT2D eigenvalue weighted by molar-refractivity contribution is -0.200. The molecule has 9 nitrogen and oxygen atoms in total. The maximum atomic E-state index is 12.8. The van der Waals surface area contributed by atoms with Crippen molar-refractivity contribution in [2.45, 2.75) is 50.6 Å². The largest absolute Gasteiger partial charge is 0.490 e. The third-order valence-corrected chi connectivity index (χ3v) is 6.17. The number of halogens is 3. The molecule has 0 aliphatic heterocycles. The fourth-order valence-electron chi connectivity index (χ4n) is 3.58. The van der Waals surface area contributed by atoms with Crippen LogP contribution in [0, 0.1) is 0 Å². The van der Waals surface area contributed by atoms with Gasteiger partial charge in [0.2, 0.25) is 0 Å². The van der Waals surface area contributed by atoms with E-state index in [2.05, 4.69) is 25.5 Å². The average Bonchev–Trinajstić information content (AvgIpc) is 3.39. The quantitative estimate of drug-likeness (QED) is 0.461. The van der Waals surface area contributed by atoms with Crippen LogP contribution in [0.1, 0.15) is 40.9 Å². The van der Waals surface area contributed by atoms with Crippen molar-refractivity contribution < 1.29 is 27.5 Å². The van der Waals surface area contributed by atoms with Crippen LogP contribution in [0.25, 0.3) is 5.65 Å². The summed E-state index contributed by atoms with van der Waals surface area (Å²) >= 11 is 1.05. The van der Waals surface area contributed by atoms with E-state index in [-0.39, 0.29) is 17.6 Å². The van der Waals surface area contributed by atoms with Crippen LogP contribution in [0.5, 0.6) is 0 Å². The minimum atomic E-state index is -5.05. The van der Waals surface area contributed by atoms with E-state index in [1.165, 1.54) is 22.2 Å². The Hall–Kier alpha value is -3.19. The zero-order valence-corrected chi connectivity index (χ0v) is 18.1. The molecule has 0 radical (unpaired) electrons. The summed E-state index contributed by atoms with van der Waals surface area (Å²) in [6.45, 7) is -0.546. The highest BCUT2D eigenvalue weighted by Gasteiger charge is 2.40. The summed E-state index contributed by atoms with van der Waals surface area (Å²) in [6, 6.07) is 3.33. The van der Waals surface area contributed by atoms with Gasteiger partial charge in [0, 0.05) is 28.5 Å². The SMILES string of the molecule is N[C@H]1CCCC[C@H]1Nc1ccn2ncc(C(=O)Nc3csc(COC(=O)C(F)(F)F)c3)c2n1. The highest BCUT2D eigenvalue weighted by Crippen LogP contribution is 2.24. The molecule has 176 valence electrons. The zero-order chi connectivity index (χ0) is 23.6. The Morgan fingerprint density at radius 2 is 2.09 bits per heavy atom. The molecule has 1 aliphatic rings. The van der Waals surface area contributed by atoms with Crippen LogP contribution in [-0.2, 0) is 16.1 Å². The van der Waals surface area contributed by atoms with Gasteiger partial charge in [0.1, 0.15) is 18.0 Å². The number of amides is 1. The van der Waals surface area contributed by atoms with Gasteiger partial charge in [0.25, 0.3) is 5.91 Å². The van der Waals surface area contributed by atoms with E-state index in [4.69, 9.17) is 5.73 Å². The number of nitrogens with two attached hydrogens (primary N) is 1. The minimum Gasteiger partial charge on any atom is -0.453 e. The number of hydrogen-bond acceptors (Lipinski definition) is 8. The van der Waals surface area contributed by atoms with Gasteiger partial charge >= 0.3 is 12.1 Å². The first-order chi connectivity index (χ1) is 15.7. The molecule has 0 aromatic carbocycles. The van der Waals surface area contributed by atoms with Crippen molar-refractivity contribution in [1.29, 1.82) is 0 Å². The second kappa shape index (κ2) is 9.35. The number of anilines is 2. The smallest absolute Gasteiger partial charge is 0.453 e. The highest BCUT2D eigenvalue weighted by atomic mass is 32.1. The summed E-state index contributed by atoms with van der Waals surface area (Å²) < 4.78 is 42.4. The van der Waals surface area contributed by atoms with Gasteiger partial charge in [-0.05, 0) is 25.0 Å². The Bertz CT molecular complexity index is 1160. The normalized spacial score (nSPS) is 18.8. The third-order valence-electron chi connectivity index (χ3n) is 5.26. The summed E-state index contributed by atoms with van der Waals surface area (Å²) in [5, 5.41) is 11.7. The van der Waals surface area contributed by atoms with E-state index in [0.29, 0.717) is 22.0 Å². The molecule has 0 saturated heterocycles. The second-order valence-electron chi connectivity index (χ2n) is 7.67. The van der Waals surface area contributed by atoms with Crippen molar-refractivity contribution >= 4 is 40.4 Å². The summed E-state index contributed by atoms with van der Waals surface area (Å²) in [6.07, 6.45) is 2.09. The molecule has 4 rings (SSSR count). The number of carbonyl (C=O) groups is 2. The van der Waals surface area contributed by atoms with Gasteiger partial charge in [-0.1, -0.05) is 12.8 Å². The van der Waals surface area contributed by atoms with Crippen molar-refractivity contribution in [2.75, 3.05) is 10.6 Å². The molecule has 13 heteroatoms. The van der Waals surface area contributed by atoms with E-state index in [0.717, 1.165) is 37.0 Å². The lowest BCUT2D eigenvalue weighted by Crippen LogP contribution is -2.42. The molecule has 0 spiro atoms. The Morgan fingerprint density at radius 3 is 2.85 bits per heavy atom. The fourth-order valence-corrected chi connectivity index (χ4v) is 4.30. The first kappa shape index (κ1) is 23.0. The molecule has 1 amide bonds. The van der Waals surface area contributed by atoms with Crippen LogP contribution in [0.3, 0.4) is 0 Å². The van der Waals surface area contributed by atoms with Crippen molar-refractivity contribution in [1.82, 2.24) is 14.6 Å². The summed E-state index contributed by atoms with van der Waals surface area (Å²) in [5.74, 6) is -2.16. The molecule has 0 bridgehead atoms. The molecule has 3 aromatic heterocycles. The van der Waals surface area contributed by atoms with E-state index >= 15 is 0 Å². The monoisotopic (exact) mass is 482 g/mol. The molecule has 1 aliphatic carbocycles. The van der Waals surface area contributed by atoms with E-state index in [9.17, 15) is 22.8 Å². The third kappa shape index (κ3) is 5.42. The second-order valence-corrected chi connectivity index (χ2v) is 8.66. The fraction of sp³-hybridized carbons (Fsp3) is 0.400. The van der Waals surface area contributed by atoms with Gasteiger partial charge in [-0.2, -0.15) is 18.3 Å². The number of nitrogens with zero attached hydrogens (tertiary/aromatic N) is 3. The average molecular weight is 482 g/mol. The summed E-state index contributed by atoms with van der Waals surface area (Å²) in [4.78, 5) is 28.5. The van der Waals surface area contributed by atoms with Crippen molar-refractivity contribution in [3.8, 4) is 0 Å². The molecule has 0 unspecified atom stereocenters. The topological polar surface area (TPSA) is 124 Å². The minimum absolute atomic E-state index is 0.0349. The Kier molecular flexibility index (Phi) is 6.51. The molecule has 1 saturated carbocycles. The van der Waals surface area contributed by atoms with E-state index < -0.39 is 24.7 Å². The van der Waals surface area contributed by atoms with Crippen LogP contribution in [-0.4, -0.2) is 44.7 Å². The number of alkyl halides is 3. The molecular weight excluding hydrogens is 461 g/mol. The molecule has 3 aromatic rings. The van der Waals surface area contributed by atoms with Gasteiger partial charge in [0.05, 0.1) is 11.9 Å². The van der Waals surface area contributed by atoms with Gasteiger partial charge in [-0.3, -0.25) is 4.79 Å². The number of thiophene rings is 1. The van der Waals surface area contributed by atoms with Gasteiger partial charge < -0.3 is 21.1 Å². The Labute approximate surface area is 190 Å². The van der Waals surface area contributed by atoms with Crippen LogP contribution < -0.4 is 16.4 Å². The number of fused-ring (bicyclic) bond motifs is 1. The molecule has 4 N–H and O–H groups in total. The van der Waals surface area contributed by atoms with E-state index in [1.807, 2.05) is 0 Å². The number of ether oxygens (including phenoxy) is 1. The van der Waals surface area contributed by atoms with Crippen LogP contribution in [0.4, 0.5) is 24.7 Å². The van der Waals surface area contributed by atoms with Gasteiger partial charge in [0.15, 0.2) is 5.65 Å². The first-order valence-electron chi connectivity index (χ1n) is 10.2. The van der Waals surface area contributed by atoms with Gasteiger partial charge in [-0.25, -0.2) is 14.3 Å². The number of hydrogen-bond donors (Lipinski definition) is 3. The maximum Gasteiger partial charge on any atom is 0.490 e. The number of nitrogens with one attached hydrogen (secondary N) is 2. The molecule has 3 heterocycles. The highest BCUT2D eigenvalue weighted by molar-refractivity contribution is 7.10. The molecule has 1 fully saturated rings. The first-order valence-corrected chi connectivity index (χ1v) is 11.1. The lowest BCUT2D eigenvalue weighted by Gasteiger charge is -2.29. The van der Waals surface area contributed by atoms with Crippen molar-refractivity contribution in [3.63, 3.8) is 0 Å². The van der Waals surface area contributed by atoms with Crippen molar-refractivity contribution in [2.24, 2.45) is 5.73 Å². The lowest BCUT2D eigenvalue weighted by atomic mass is 9.91. The van der Waals surface area contributed by atoms with E-state index in [1.54, 1.807) is 12.3 Å². The van der Waals surface area contributed by atoms with Gasteiger partial charge in [-0.15, -0.1) is 11.3 Å². The predicted molar refractivity (Wildman–Crippen MR) is 115 cm³/mol. The summed E-state index contributed by atoms with van der Waals surface area (Å²) in [5.41, 5.74) is 7.11. The number of aromatic nitrogens is 3. The Balaban J connectivity index is 1.43. The molecular formula is C20H21F3N6O3S. The summed E-state index contributed by atoms with van der Waals surface area (Å²) in [7, 11) is 0. The standard InChI is InChI=1S/C20H21F3N6O3S/c21-20(22,23)19(31)32-9-12-7-11(10-33-12)26-18(30)13-8-25-29-6-5-16(28-17(13)29)27-15-4-2-1-3-14(15)24/h5-8,10,14-15H,1-4,9,24H2,(H,26,30)(H,27,28)/t14-,15+/m0/s1. The Morgan fingerprint density at radius 1 is 1.30 bits per heavy atom. The van der Waals surface area contributed by atoms with Crippen LogP contribution in [0.15, 0.2) is 29.9 Å². The van der Waals surface area contributed by atoms with Crippen molar-refractivity contribution in [3.05, 3.63) is 40.3 Å². The zero-order valence-electron chi connectivity index (χ0n) is 17.3.